The number of hydrogen-bond acceptors (Lipinski definition) is 2. The molecule has 0 aliphatic carbocycles. The Morgan fingerprint density at radius 1 is 1.20 bits per heavy atom. The molecule has 0 aliphatic rings. The fraction of sp³-hybridized carbons (Fsp3) is 0.917. The molecule has 0 bridgehead atoms. The second-order valence-electron chi connectivity index (χ2n) is 4.70. The Balaban J connectivity index is 3.53. The Bertz CT molecular complexity index is 178. The summed E-state index contributed by atoms with van der Waals surface area (Å²) in [6, 6.07) is 0. The molecule has 90 valence electrons. The lowest BCUT2D eigenvalue weighted by Gasteiger charge is -2.22. The molecule has 0 aliphatic heterocycles. The quantitative estimate of drug-likeness (QED) is 0.606. The highest BCUT2D eigenvalue weighted by Crippen LogP contribution is 2.13. The molecule has 0 unspecified atom stereocenters. The van der Waals surface area contributed by atoms with Gasteiger partial charge in [-0.1, -0.05) is 26.2 Å². The topological polar surface area (TPSA) is 41.1 Å². The lowest BCUT2D eigenvalue weighted by atomic mass is 9.92. The summed E-state index contributed by atoms with van der Waals surface area (Å²) < 4.78 is 0. The van der Waals surface area contributed by atoms with Crippen LogP contribution in [-0.4, -0.2) is 26.0 Å². The first-order chi connectivity index (χ1) is 7.04. The van der Waals surface area contributed by atoms with Gasteiger partial charge in [-0.3, -0.25) is 4.79 Å². The summed E-state index contributed by atoms with van der Waals surface area (Å²) in [5.41, 5.74) is -0.306. The molecular weight excluding hydrogens is 188 g/mol. The van der Waals surface area contributed by atoms with E-state index < -0.39 is 0 Å². The van der Waals surface area contributed by atoms with Crippen molar-refractivity contribution in [1.29, 1.82) is 0 Å². The fourth-order valence-corrected chi connectivity index (χ4v) is 1.50. The van der Waals surface area contributed by atoms with Crippen LogP contribution in [0.5, 0.6) is 0 Å². The van der Waals surface area contributed by atoms with Gasteiger partial charge in [0, 0.05) is 13.6 Å². The number of unbranched alkanes of at least 4 members (excludes halogenated alkanes) is 3. The normalized spacial score (nSPS) is 11.5. The van der Waals surface area contributed by atoms with E-state index in [-0.39, 0.29) is 11.3 Å². The van der Waals surface area contributed by atoms with E-state index in [0.717, 1.165) is 13.1 Å². The predicted molar refractivity (Wildman–Crippen MR) is 64.9 cm³/mol. The first-order valence-electron chi connectivity index (χ1n) is 5.97. The largest absolute Gasteiger partial charge is 0.359 e. The van der Waals surface area contributed by atoms with Gasteiger partial charge in [-0.2, -0.15) is 0 Å². The van der Waals surface area contributed by atoms with Crippen molar-refractivity contribution in [3.8, 4) is 0 Å². The molecular formula is C12H26N2O. The highest BCUT2D eigenvalue weighted by molar-refractivity contribution is 5.81. The van der Waals surface area contributed by atoms with Crippen molar-refractivity contribution in [2.75, 3.05) is 20.1 Å². The van der Waals surface area contributed by atoms with Crippen molar-refractivity contribution in [3.63, 3.8) is 0 Å². The van der Waals surface area contributed by atoms with Gasteiger partial charge in [0.25, 0.3) is 0 Å². The van der Waals surface area contributed by atoms with Crippen molar-refractivity contribution >= 4 is 5.91 Å². The van der Waals surface area contributed by atoms with Gasteiger partial charge >= 0.3 is 0 Å². The summed E-state index contributed by atoms with van der Waals surface area (Å²) in [7, 11) is 1.69. The van der Waals surface area contributed by atoms with Gasteiger partial charge in [-0.25, -0.2) is 0 Å². The van der Waals surface area contributed by atoms with Crippen molar-refractivity contribution in [2.24, 2.45) is 5.41 Å². The average Bonchev–Trinajstić information content (AvgIpc) is 2.22. The maximum absolute atomic E-state index is 11.4. The molecule has 15 heavy (non-hydrogen) atoms. The smallest absolute Gasteiger partial charge is 0.226 e. The Kier molecular flexibility index (Phi) is 7.39. The lowest BCUT2D eigenvalue weighted by molar-refractivity contribution is -0.128. The molecule has 1 amide bonds. The van der Waals surface area contributed by atoms with Crippen LogP contribution in [0.3, 0.4) is 0 Å². The highest BCUT2D eigenvalue weighted by Gasteiger charge is 2.25. The van der Waals surface area contributed by atoms with Crippen LogP contribution in [0.1, 0.15) is 46.5 Å². The second-order valence-corrected chi connectivity index (χ2v) is 4.70. The van der Waals surface area contributed by atoms with Crippen LogP contribution in [0, 0.1) is 5.41 Å². The van der Waals surface area contributed by atoms with Crippen LogP contribution >= 0.6 is 0 Å². The summed E-state index contributed by atoms with van der Waals surface area (Å²) >= 11 is 0. The van der Waals surface area contributed by atoms with E-state index in [4.69, 9.17) is 0 Å². The Morgan fingerprint density at radius 3 is 2.40 bits per heavy atom. The van der Waals surface area contributed by atoms with Crippen LogP contribution < -0.4 is 10.6 Å². The second kappa shape index (κ2) is 7.69. The summed E-state index contributed by atoms with van der Waals surface area (Å²) in [6.07, 6.45) is 5.06. The van der Waals surface area contributed by atoms with Gasteiger partial charge in [0.1, 0.15) is 0 Å². The first kappa shape index (κ1) is 14.4. The van der Waals surface area contributed by atoms with Gasteiger partial charge in [0.2, 0.25) is 5.91 Å². The summed E-state index contributed by atoms with van der Waals surface area (Å²) in [6.45, 7) is 7.90. The number of rotatable bonds is 8. The van der Waals surface area contributed by atoms with Crippen LogP contribution in [0.25, 0.3) is 0 Å². The molecule has 0 aromatic rings. The van der Waals surface area contributed by atoms with E-state index in [1.807, 2.05) is 13.8 Å². The van der Waals surface area contributed by atoms with Crippen LogP contribution in [-0.2, 0) is 4.79 Å². The highest BCUT2D eigenvalue weighted by atomic mass is 16.2. The van der Waals surface area contributed by atoms with Crippen molar-refractivity contribution in [2.45, 2.75) is 46.5 Å². The number of hydrogen-bond donors (Lipinski definition) is 2. The molecule has 0 spiro atoms. The third kappa shape index (κ3) is 6.50. The zero-order valence-electron chi connectivity index (χ0n) is 10.7. The predicted octanol–water partition coefficient (Wildman–Crippen LogP) is 1.93. The monoisotopic (exact) mass is 214 g/mol. The number of nitrogens with one attached hydrogen (secondary N) is 2. The molecule has 0 saturated heterocycles. The summed E-state index contributed by atoms with van der Waals surface area (Å²) in [5.74, 6) is 0.101. The summed E-state index contributed by atoms with van der Waals surface area (Å²) in [5, 5.41) is 6.03. The van der Waals surface area contributed by atoms with Crippen LogP contribution in [0.2, 0.25) is 0 Å². The van der Waals surface area contributed by atoms with E-state index in [9.17, 15) is 4.79 Å². The zero-order valence-corrected chi connectivity index (χ0v) is 10.7. The molecule has 0 fully saturated rings. The Labute approximate surface area is 94.0 Å². The van der Waals surface area contributed by atoms with Crippen molar-refractivity contribution in [3.05, 3.63) is 0 Å². The van der Waals surface area contributed by atoms with Gasteiger partial charge in [-0.05, 0) is 26.8 Å². The van der Waals surface area contributed by atoms with Gasteiger partial charge in [0.15, 0.2) is 0 Å². The molecule has 0 rings (SSSR count). The first-order valence-corrected chi connectivity index (χ1v) is 5.97. The molecule has 0 saturated carbocycles. The minimum Gasteiger partial charge on any atom is -0.359 e. The standard InChI is InChI=1S/C12H26N2O/c1-5-6-7-8-9-14-10-12(2,3)11(15)13-4/h14H,5-10H2,1-4H3,(H,13,15). The third-order valence-electron chi connectivity index (χ3n) is 2.62. The minimum absolute atomic E-state index is 0.101. The summed E-state index contributed by atoms with van der Waals surface area (Å²) in [4.78, 5) is 11.4. The number of carbonyl (C=O) groups excluding carboxylic acids is 1. The van der Waals surface area contributed by atoms with Crippen LogP contribution in [0.15, 0.2) is 0 Å². The Morgan fingerprint density at radius 2 is 1.87 bits per heavy atom. The van der Waals surface area contributed by atoms with E-state index in [0.29, 0.717) is 0 Å². The van der Waals surface area contributed by atoms with E-state index in [2.05, 4.69) is 17.6 Å². The third-order valence-corrected chi connectivity index (χ3v) is 2.62. The SMILES string of the molecule is CCCCCCNCC(C)(C)C(=O)NC. The van der Waals surface area contributed by atoms with Gasteiger partial charge in [-0.15, -0.1) is 0 Å². The lowest BCUT2D eigenvalue weighted by Crippen LogP contribution is -2.42. The van der Waals surface area contributed by atoms with Gasteiger partial charge < -0.3 is 10.6 Å². The molecule has 0 aromatic carbocycles. The molecule has 0 heterocycles. The number of amides is 1. The van der Waals surface area contributed by atoms with E-state index >= 15 is 0 Å². The van der Waals surface area contributed by atoms with Crippen LogP contribution in [0.4, 0.5) is 0 Å². The zero-order chi connectivity index (χ0) is 11.7. The van der Waals surface area contributed by atoms with Crippen molar-refractivity contribution < 1.29 is 4.79 Å². The molecule has 3 heteroatoms. The maximum Gasteiger partial charge on any atom is 0.226 e. The minimum atomic E-state index is -0.306. The van der Waals surface area contributed by atoms with E-state index in [1.54, 1.807) is 7.05 Å². The fourth-order valence-electron chi connectivity index (χ4n) is 1.50. The molecule has 2 N–H and O–H groups in total. The average molecular weight is 214 g/mol. The molecule has 0 radical (unpaired) electrons. The Hall–Kier alpha value is -0.570. The molecule has 3 nitrogen and oxygen atoms in total. The van der Waals surface area contributed by atoms with E-state index in [1.165, 1.54) is 25.7 Å². The maximum atomic E-state index is 11.4. The molecule has 0 aromatic heterocycles. The van der Waals surface area contributed by atoms with Gasteiger partial charge in [0.05, 0.1) is 5.41 Å². The number of carbonyl (C=O) groups is 1. The molecule has 0 atom stereocenters. The van der Waals surface area contributed by atoms with Crippen molar-refractivity contribution in [1.82, 2.24) is 10.6 Å².